The number of likely N-dealkylation sites (tertiary alicyclic amines) is 1. The molecule has 0 spiro atoms. The van der Waals surface area contributed by atoms with Crippen molar-refractivity contribution in [3.8, 4) is 5.95 Å². The average molecular weight is 289 g/mol. The van der Waals surface area contributed by atoms with Crippen LogP contribution in [0.1, 0.15) is 12.8 Å². The lowest BCUT2D eigenvalue weighted by atomic mass is 10.2. The van der Waals surface area contributed by atoms with E-state index in [9.17, 15) is 0 Å². The molecule has 1 saturated heterocycles. The molecule has 2 N–H and O–H groups in total. The van der Waals surface area contributed by atoms with Gasteiger partial charge in [0.1, 0.15) is 12.7 Å². The fourth-order valence-electron chi connectivity index (χ4n) is 2.56. The highest BCUT2D eigenvalue weighted by Gasteiger charge is 2.23. The van der Waals surface area contributed by atoms with Crippen molar-refractivity contribution in [2.45, 2.75) is 18.9 Å². The Kier molecular flexibility index (Phi) is 3.65. The maximum Gasteiger partial charge on any atom is 0.258 e. The quantitative estimate of drug-likeness (QED) is 0.808. The molecule has 21 heavy (non-hydrogen) atoms. The van der Waals surface area contributed by atoms with Crippen LogP contribution in [0.25, 0.3) is 5.95 Å². The lowest BCUT2D eigenvalue weighted by Crippen LogP contribution is -2.37. The minimum absolute atomic E-state index is 0.178. The van der Waals surface area contributed by atoms with E-state index in [0.29, 0.717) is 17.9 Å². The Bertz CT molecular complexity index is 597. The first kappa shape index (κ1) is 13.7. The van der Waals surface area contributed by atoms with Crippen molar-refractivity contribution >= 4 is 11.9 Å². The molecule has 0 saturated carbocycles. The van der Waals surface area contributed by atoms with Crippen molar-refractivity contribution in [2.75, 3.05) is 37.8 Å². The summed E-state index contributed by atoms with van der Waals surface area (Å²) >= 11 is 0. The van der Waals surface area contributed by atoms with Crippen molar-refractivity contribution in [1.29, 1.82) is 0 Å². The van der Waals surface area contributed by atoms with E-state index in [1.165, 1.54) is 30.2 Å². The smallest absolute Gasteiger partial charge is 0.258 e. The van der Waals surface area contributed by atoms with Crippen LogP contribution in [0.4, 0.5) is 11.9 Å². The summed E-state index contributed by atoms with van der Waals surface area (Å²) in [6.45, 7) is 2.00. The Balaban J connectivity index is 1.81. The van der Waals surface area contributed by atoms with Gasteiger partial charge in [0.05, 0.1) is 0 Å². The van der Waals surface area contributed by atoms with Crippen LogP contribution >= 0.6 is 0 Å². The van der Waals surface area contributed by atoms with Crippen molar-refractivity contribution < 1.29 is 0 Å². The van der Waals surface area contributed by atoms with E-state index in [4.69, 9.17) is 5.73 Å². The molecule has 3 rings (SSSR count). The first-order chi connectivity index (χ1) is 10.1. The van der Waals surface area contributed by atoms with Crippen molar-refractivity contribution in [3.63, 3.8) is 0 Å². The van der Waals surface area contributed by atoms with Crippen molar-refractivity contribution in [2.24, 2.45) is 0 Å². The number of nitrogens with two attached hydrogens (primary N) is 1. The third kappa shape index (κ3) is 2.92. The topological polar surface area (TPSA) is 102 Å². The average Bonchev–Trinajstić information content (AvgIpc) is 3.11. The predicted molar refractivity (Wildman–Crippen MR) is 78.1 cm³/mol. The van der Waals surface area contributed by atoms with Crippen molar-refractivity contribution in [1.82, 2.24) is 34.6 Å². The third-order valence-electron chi connectivity index (χ3n) is 3.75. The number of hydrogen-bond donors (Lipinski definition) is 1. The molecule has 1 fully saturated rings. The molecule has 3 heterocycles. The van der Waals surface area contributed by atoms with E-state index in [1.807, 2.05) is 11.9 Å². The molecule has 1 unspecified atom stereocenters. The highest BCUT2D eigenvalue weighted by molar-refractivity contribution is 5.37. The summed E-state index contributed by atoms with van der Waals surface area (Å²) in [6, 6.07) is 0.516. The molecule has 0 aliphatic carbocycles. The van der Waals surface area contributed by atoms with Gasteiger partial charge in [0, 0.05) is 19.6 Å². The van der Waals surface area contributed by atoms with Gasteiger partial charge in [-0.25, -0.2) is 4.98 Å². The fraction of sp³-hybridized carbons (Fsp3) is 0.583. The van der Waals surface area contributed by atoms with Gasteiger partial charge in [0.2, 0.25) is 11.9 Å². The van der Waals surface area contributed by atoms with Gasteiger partial charge in [0.15, 0.2) is 0 Å². The second kappa shape index (κ2) is 5.60. The normalized spacial score (nSPS) is 19.0. The van der Waals surface area contributed by atoms with Gasteiger partial charge < -0.3 is 15.5 Å². The van der Waals surface area contributed by atoms with Gasteiger partial charge in [-0.2, -0.15) is 24.7 Å². The standard InChI is InChI=1S/C12H19N9/c1-19-5-3-4-9(19)6-20(2)11-16-10(13)17-12(18-11)21-8-14-7-15-21/h7-9H,3-6H2,1-2H3,(H2,13,16,17,18). The Labute approximate surface area is 122 Å². The van der Waals surface area contributed by atoms with Crippen LogP contribution in [0.3, 0.4) is 0 Å². The van der Waals surface area contributed by atoms with E-state index >= 15 is 0 Å². The van der Waals surface area contributed by atoms with Crippen LogP contribution in [0.2, 0.25) is 0 Å². The summed E-state index contributed by atoms with van der Waals surface area (Å²) in [5.74, 6) is 1.10. The zero-order valence-electron chi connectivity index (χ0n) is 12.2. The molecule has 2 aromatic rings. The second-order valence-corrected chi connectivity index (χ2v) is 5.29. The molecule has 1 atom stereocenters. The van der Waals surface area contributed by atoms with Crippen LogP contribution in [0, 0.1) is 0 Å². The molecular formula is C12H19N9. The monoisotopic (exact) mass is 289 g/mol. The summed E-state index contributed by atoms with van der Waals surface area (Å²) < 4.78 is 1.47. The maximum atomic E-state index is 5.78. The SMILES string of the molecule is CN(CC1CCCN1C)c1nc(N)nc(-n2cncn2)n1. The highest BCUT2D eigenvalue weighted by Crippen LogP contribution is 2.18. The largest absolute Gasteiger partial charge is 0.368 e. The number of aromatic nitrogens is 6. The van der Waals surface area contributed by atoms with Crippen LogP contribution in [0.15, 0.2) is 12.7 Å². The lowest BCUT2D eigenvalue weighted by Gasteiger charge is -2.25. The van der Waals surface area contributed by atoms with Crippen LogP contribution in [-0.2, 0) is 0 Å². The molecule has 112 valence electrons. The molecule has 2 aromatic heterocycles. The molecule has 9 heteroatoms. The van der Waals surface area contributed by atoms with Crippen LogP contribution < -0.4 is 10.6 Å². The van der Waals surface area contributed by atoms with Gasteiger partial charge in [-0.15, -0.1) is 0 Å². The second-order valence-electron chi connectivity index (χ2n) is 5.29. The summed E-state index contributed by atoms with van der Waals surface area (Å²) in [5, 5.41) is 4.01. The minimum Gasteiger partial charge on any atom is -0.368 e. The Morgan fingerprint density at radius 3 is 2.90 bits per heavy atom. The van der Waals surface area contributed by atoms with Gasteiger partial charge in [-0.3, -0.25) is 0 Å². The van der Waals surface area contributed by atoms with Crippen molar-refractivity contribution in [3.05, 3.63) is 12.7 Å². The molecule has 0 amide bonds. The summed E-state index contributed by atoms with van der Waals surface area (Å²) in [4.78, 5) is 21.0. The lowest BCUT2D eigenvalue weighted by molar-refractivity contribution is 0.313. The maximum absolute atomic E-state index is 5.78. The van der Waals surface area contributed by atoms with E-state index in [0.717, 1.165) is 13.1 Å². The van der Waals surface area contributed by atoms with Gasteiger partial charge in [0.25, 0.3) is 5.95 Å². The van der Waals surface area contributed by atoms with E-state index in [-0.39, 0.29) is 5.95 Å². The Morgan fingerprint density at radius 1 is 1.38 bits per heavy atom. The number of hydrogen-bond acceptors (Lipinski definition) is 8. The predicted octanol–water partition coefficient (Wildman–Crippen LogP) is -0.435. The van der Waals surface area contributed by atoms with Gasteiger partial charge >= 0.3 is 0 Å². The number of likely N-dealkylation sites (N-methyl/N-ethyl adjacent to an activating group) is 2. The molecular weight excluding hydrogens is 270 g/mol. The Morgan fingerprint density at radius 2 is 2.24 bits per heavy atom. The molecule has 0 radical (unpaired) electrons. The zero-order valence-corrected chi connectivity index (χ0v) is 12.2. The fourth-order valence-corrected chi connectivity index (χ4v) is 2.56. The number of nitrogen functional groups attached to an aromatic ring is 1. The molecule has 0 aromatic carbocycles. The highest BCUT2D eigenvalue weighted by atomic mass is 15.4. The van der Waals surface area contributed by atoms with E-state index < -0.39 is 0 Å². The molecule has 0 bridgehead atoms. The van der Waals surface area contributed by atoms with E-state index in [2.05, 4.69) is 37.0 Å². The molecule has 9 nitrogen and oxygen atoms in total. The summed E-state index contributed by atoms with van der Waals surface area (Å²) in [6.07, 6.45) is 5.38. The minimum atomic E-state index is 0.178. The molecule has 1 aliphatic heterocycles. The summed E-state index contributed by atoms with van der Waals surface area (Å²) in [7, 11) is 4.11. The third-order valence-corrected chi connectivity index (χ3v) is 3.75. The summed E-state index contributed by atoms with van der Waals surface area (Å²) in [5.41, 5.74) is 5.78. The van der Waals surface area contributed by atoms with Crippen LogP contribution in [-0.4, -0.2) is 67.8 Å². The number of nitrogens with zero attached hydrogens (tertiary/aromatic N) is 8. The first-order valence-corrected chi connectivity index (χ1v) is 6.91. The number of anilines is 2. The zero-order chi connectivity index (χ0) is 14.8. The first-order valence-electron chi connectivity index (χ1n) is 6.91. The van der Waals surface area contributed by atoms with E-state index in [1.54, 1.807) is 0 Å². The van der Waals surface area contributed by atoms with Crippen LogP contribution in [0.5, 0.6) is 0 Å². The Hall–Kier alpha value is -2.29. The van der Waals surface area contributed by atoms with Gasteiger partial charge in [-0.1, -0.05) is 0 Å². The number of rotatable bonds is 4. The molecule has 1 aliphatic rings. The van der Waals surface area contributed by atoms with Gasteiger partial charge in [-0.05, 0) is 26.4 Å².